The molecule has 1 aliphatic carbocycles. The van der Waals surface area contributed by atoms with E-state index in [2.05, 4.69) is 6.92 Å². The van der Waals surface area contributed by atoms with Gasteiger partial charge in [-0.1, -0.05) is 6.92 Å². The van der Waals surface area contributed by atoms with Crippen LogP contribution in [-0.2, 0) is 14.3 Å². The summed E-state index contributed by atoms with van der Waals surface area (Å²) in [5.74, 6) is -0.225. The molecule has 0 saturated heterocycles. The topological polar surface area (TPSA) is 63.6 Å². The average molecular weight is 228 g/mol. The van der Waals surface area contributed by atoms with Gasteiger partial charge in [0.05, 0.1) is 12.5 Å². The maximum atomic E-state index is 11.6. The summed E-state index contributed by atoms with van der Waals surface area (Å²) in [6.07, 6.45) is 4.49. The van der Waals surface area contributed by atoms with Crippen LogP contribution >= 0.6 is 0 Å². The van der Waals surface area contributed by atoms with Crippen molar-refractivity contribution in [2.45, 2.75) is 45.4 Å². The number of esters is 1. The molecule has 0 aromatic heterocycles. The van der Waals surface area contributed by atoms with Gasteiger partial charge in [0.25, 0.3) is 0 Å². The number of carbonyl (C=O) groups excluding carboxylic acids is 1. The summed E-state index contributed by atoms with van der Waals surface area (Å²) in [7, 11) is 0. The number of aliphatic carboxylic acids is 1. The Kier molecular flexibility index (Phi) is 5.29. The Morgan fingerprint density at radius 3 is 2.44 bits per heavy atom. The molecule has 0 bridgehead atoms. The van der Waals surface area contributed by atoms with Crippen molar-refractivity contribution in [3.05, 3.63) is 0 Å². The van der Waals surface area contributed by atoms with Crippen molar-refractivity contribution in [2.24, 2.45) is 11.8 Å². The van der Waals surface area contributed by atoms with Gasteiger partial charge in [-0.05, 0) is 38.0 Å². The minimum Gasteiger partial charge on any atom is -0.481 e. The molecule has 0 unspecified atom stereocenters. The molecule has 1 aliphatic rings. The largest absolute Gasteiger partial charge is 0.481 e. The highest BCUT2D eigenvalue weighted by atomic mass is 16.5. The van der Waals surface area contributed by atoms with E-state index in [1.54, 1.807) is 0 Å². The van der Waals surface area contributed by atoms with Gasteiger partial charge in [0.1, 0.15) is 0 Å². The van der Waals surface area contributed by atoms with Crippen LogP contribution in [0.1, 0.15) is 45.4 Å². The molecule has 0 aliphatic heterocycles. The first-order valence-electron chi connectivity index (χ1n) is 5.98. The molecule has 0 aromatic carbocycles. The first-order valence-corrected chi connectivity index (χ1v) is 5.98. The average Bonchev–Trinajstić information content (AvgIpc) is 2.25. The molecule has 92 valence electrons. The third-order valence-corrected chi connectivity index (χ3v) is 3.13. The van der Waals surface area contributed by atoms with Crippen LogP contribution in [0.5, 0.6) is 0 Å². The minimum absolute atomic E-state index is 0.0426. The van der Waals surface area contributed by atoms with E-state index in [-0.39, 0.29) is 24.9 Å². The molecule has 0 heterocycles. The smallest absolute Gasteiger partial charge is 0.308 e. The predicted octanol–water partition coefficient (Wildman–Crippen LogP) is 2.22. The summed E-state index contributed by atoms with van der Waals surface area (Å²) < 4.78 is 5.06. The lowest BCUT2D eigenvalue weighted by Crippen LogP contribution is -2.23. The van der Waals surface area contributed by atoms with E-state index >= 15 is 0 Å². The molecular formula is C12H20O4. The number of ether oxygens (including phenoxy) is 1. The van der Waals surface area contributed by atoms with Crippen molar-refractivity contribution in [2.75, 3.05) is 6.61 Å². The fourth-order valence-electron chi connectivity index (χ4n) is 2.01. The Hall–Kier alpha value is -1.06. The van der Waals surface area contributed by atoms with E-state index in [0.717, 1.165) is 31.6 Å². The van der Waals surface area contributed by atoms with Crippen LogP contribution in [0.4, 0.5) is 0 Å². The molecule has 0 amide bonds. The lowest BCUT2D eigenvalue weighted by Gasteiger charge is -2.24. The molecule has 16 heavy (non-hydrogen) atoms. The Morgan fingerprint density at radius 1 is 1.25 bits per heavy atom. The lowest BCUT2D eigenvalue weighted by atomic mass is 9.83. The monoisotopic (exact) mass is 228 g/mol. The summed E-state index contributed by atoms with van der Waals surface area (Å²) in [5.41, 5.74) is 0. The van der Waals surface area contributed by atoms with E-state index < -0.39 is 5.97 Å². The second-order valence-corrected chi connectivity index (χ2v) is 4.62. The van der Waals surface area contributed by atoms with E-state index in [1.165, 1.54) is 0 Å². The molecular weight excluding hydrogens is 208 g/mol. The highest BCUT2D eigenvalue weighted by Gasteiger charge is 2.25. The van der Waals surface area contributed by atoms with Crippen LogP contribution in [0.15, 0.2) is 0 Å². The maximum Gasteiger partial charge on any atom is 0.308 e. The van der Waals surface area contributed by atoms with Crippen LogP contribution in [0.25, 0.3) is 0 Å². The Labute approximate surface area is 96.0 Å². The standard InChI is InChI=1S/C12H20O4/c1-9-4-6-10(7-5-9)12(15)16-8-2-3-11(13)14/h9-10H,2-8H2,1H3,(H,13,14). The molecule has 0 atom stereocenters. The number of rotatable bonds is 5. The second-order valence-electron chi connectivity index (χ2n) is 4.62. The van der Waals surface area contributed by atoms with Crippen molar-refractivity contribution < 1.29 is 19.4 Å². The second kappa shape index (κ2) is 6.51. The van der Waals surface area contributed by atoms with Gasteiger partial charge in [-0.25, -0.2) is 0 Å². The fourth-order valence-corrected chi connectivity index (χ4v) is 2.01. The third-order valence-electron chi connectivity index (χ3n) is 3.13. The van der Waals surface area contributed by atoms with Crippen molar-refractivity contribution in [1.29, 1.82) is 0 Å². The summed E-state index contributed by atoms with van der Waals surface area (Å²) in [5, 5.41) is 8.42. The highest BCUT2D eigenvalue weighted by Crippen LogP contribution is 2.28. The first-order chi connectivity index (χ1) is 7.59. The lowest BCUT2D eigenvalue weighted by molar-refractivity contribution is -0.151. The van der Waals surface area contributed by atoms with E-state index in [9.17, 15) is 9.59 Å². The van der Waals surface area contributed by atoms with Crippen molar-refractivity contribution in [3.63, 3.8) is 0 Å². The maximum absolute atomic E-state index is 11.6. The Bertz CT molecular complexity index is 241. The van der Waals surface area contributed by atoms with Gasteiger partial charge in [-0.15, -0.1) is 0 Å². The number of hydrogen-bond donors (Lipinski definition) is 1. The molecule has 4 heteroatoms. The van der Waals surface area contributed by atoms with E-state index in [1.807, 2.05) is 0 Å². The summed E-state index contributed by atoms with van der Waals surface area (Å²) >= 11 is 0. The van der Waals surface area contributed by atoms with Gasteiger partial charge >= 0.3 is 11.9 Å². The van der Waals surface area contributed by atoms with Crippen LogP contribution in [0.3, 0.4) is 0 Å². The third kappa shape index (κ3) is 4.64. The zero-order chi connectivity index (χ0) is 12.0. The number of hydrogen-bond acceptors (Lipinski definition) is 3. The number of carboxylic acid groups (broad SMARTS) is 1. The Balaban J connectivity index is 2.12. The molecule has 0 aromatic rings. The molecule has 1 saturated carbocycles. The van der Waals surface area contributed by atoms with Crippen LogP contribution < -0.4 is 0 Å². The summed E-state index contributed by atoms with van der Waals surface area (Å²) in [6.45, 7) is 2.44. The molecule has 1 fully saturated rings. The molecule has 4 nitrogen and oxygen atoms in total. The predicted molar refractivity (Wildman–Crippen MR) is 59.0 cm³/mol. The Morgan fingerprint density at radius 2 is 1.88 bits per heavy atom. The van der Waals surface area contributed by atoms with Crippen molar-refractivity contribution in [3.8, 4) is 0 Å². The van der Waals surface area contributed by atoms with Gasteiger partial charge in [-0.3, -0.25) is 9.59 Å². The van der Waals surface area contributed by atoms with Crippen LogP contribution in [0.2, 0.25) is 0 Å². The quantitative estimate of drug-likeness (QED) is 0.579. The van der Waals surface area contributed by atoms with Gasteiger partial charge in [0.15, 0.2) is 0 Å². The van der Waals surface area contributed by atoms with Crippen LogP contribution in [-0.4, -0.2) is 23.7 Å². The van der Waals surface area contributed by atoms with E-state index in [4.69, 9.17) is 9.84 Å². The van der Waals surface area contributed by atoms with E-state index in [0.29, 0.717) is 6.42 Å². The number of carbonyl (C=O) groups is 2. The van der Waals surface area contributed by atoms with Crippen molar-refractivity contribution >= 4 is 11.9 Å². The van der Waals surface area contributed by atoms with Crippen molar-refractivity contribution in [1.82, 2.24) is 0 Å². The minimum atomic E-state index is -0.845. The zero-order valence-corrected chi connectivity index (χ0v) is 9.78. The summed E-state index contributed by atoms with van der Waals surface area (Å²) in [6, 6.07) is 0. The first kappa shape index (κ1) is 13.0. The highest BCUT2D eigenvalue weighted by molar-refractivity contribution is 5.72. The molecule has 1 rings (SSSR count). The SMILES string of the molecule is CC1CCC(C(=O)OCCCC(=O)O)CC1. The molecule has 0 radical (unpaired) electrons. The molecule has 0 spiro atoms. The van der Waals surface area contributed by atoms with Gasteiger partial charge in [0.2, 0.25) is 0 Å². The zero-order valence-electron chi connectivity index (χ0n) is 9.78. The van der Waals surface area contributed by atoms with Crippen LogP contribution in [0, 0.1) is 11.8 Å². The summed E-state index contributed by atoms with van der Waals surface area (Å²) in [4.78, 5) is 21.8. The number of carboxylic acids is 1. The van der Waals surface area contributed by atoms with Gasteiger partial charge < -0.3 is 9.84 Å². The van der Waals surface area contributed by atoms with Gasteiger partial charge in [0, 0.05) is 6.42 Å². The molecule has 1 N–H and O–H groups in total. The normalized spacial score (nSPS) is 25.1. The van der Waals surface area contributed by atoms with Gasteiger partial charge in [-0.2, -0.15) is 0 Å². The fraction of sp³-hybridized carbons (Fsp3) is 0.833.